The maximum Gasteiger partial charge on any atom is 0.279 e. The first-order chi connectivity index (χ1) is 9.93. The molecule has 0 saturated carbocycles. The quantitative estimate of drug-likeness (QED) is 0.476. The van der Waals surface area contributed by atoms with Crippen molar-refractivity contribution in [3.63, 3.8) is 0 Å². The predicted octanol–water partition coefficient (Wildman–Crippen LogP) is 7.11. The van der Waals surface area contributed by atoms with Gasteiger partial charge in [0, 0.05) is 10.6 Å². The third-order valence-electron chi connectivity index (χ3n) is 7.50. The van der Waals surface area contributed by atoms with Crippen molar-refractivity contribution in [2.24, 2.45) is 0 Å². The third-order valence-corrected chi connectivity index (χ3v) is 8.38. The minimum atomic E-state index is -0.0715. The number of rotatable bonds is 2. The zero-order valence-electron chi connectivity index (χ0n) is 16.0. The Labute approximate surface area is 142 Å². The molecule has 2 heteroatoms. The maximum atomic E-state index is 7.28. The topological polar surface area (TPSA) is 0 Å². The van der Waals surface area contributed by atoms with E-state index in [1.807, 2.05) is 0 Å². The minimum Gasteiger partial charge on any atom is -0.193 e. The molecule has 0 aliphatic heterocycles. The van der Waals surface area contributed by atoms with Gasteiger partial charge in [0.15, 0.2) is 0 Å². The van der Waals surface area contributed by atoms with Crippen LogP contribution >= 0.6 is 11.5 Å². The standard InChI is InChI=1S/C20H30BCl/c1-11-12(2)16(6)19(9,15(11)5)21(22)20(10)17(7)13(3)14(4)18(20)8/h1-10H3. The molecule has 0 saturated heterocycles. The monoisotopic (exact) mass is 316 g/mol. The number of hydrogen-bond acceptors (Lipinski definition) is 0. The van der Waals surface area contributed by atoms with Gasteiger partial charge in [-0.1, -0.05) is 36.1 Å². The fraction of sp³-hybridized carbons (Fsp3) is 0.600. The number of allylic oxidation sites excluding steroid dienone is 8. The van der Waals surface area contributed by atoms with Crippen LogP contribution in [0.2, 0.25) is 10.6 Å². The molecule has 120 valence electrons. The first-order valence-electron chi connectivity index (χ1n) is 8.30. The van der Waals surface area contributed by atoms with Crippen molar-refractivity contribution >= 4 is 17.6 Å². The van der Waals surface area contributed by atoms with Gasteiger partial charge in [0.1, 0.15) is 0 Å². The number of hydrogen-bond donors (Lipinski definition) is 0. The van der Waals surface area contributed by atoms with Crippen molar-refractivity contribution in [2.45, 2.75) is 79.9 Å². The summed E-state index contributed by atoms with van der Waals surface area (Å²) >= 11 is 7.28. The molecule has 0 atom stereocenters. The molecule has 0 spiro atoms. The first-order valence-corrected chi connectivity index (χ1v) is 8.73. The Balaban J connectivity index is 2.66. The van der Waals surface area contributed by atoms with Gasteiger partial charge in [0.2, 0.25) is 0 Å². The Bertz CT molecular complexity index is 564. The van der Waals surface area contributed by atoms with E-state index in [1.165, 1.54) is 44.6 Å². The molecule has 0 bridgehead atoms. The van der Waals surface area contributed by atoms with E-state index in [4.69, 9.17) is 11.5 Å². The Morgan fingerprint density at radius 3 is 0.909 bits per heavy atom. The SMILES string of the molecule is CC1=C(C)C(C)(B(Cl)C2(C)C(C)=C(C)C(C)=C2C)C(C)=C1C. The Morgan fingerprint density at radius 1 is 0.545 bits per heavy atom. The summed E-state index contributed by atoms with van der Waals surface area (Å²) in [5.74, 6) is 0. The van der Waals surface area contributed by atoms with Crippen molar-refractivity contribution in [3.05, 3.63) is 44.6 Å². The molecule has 0 N–H and O–H groups in total. The maximum absolute atomic E-state index is 7.28. The highest BCUT2D eigenvalue weighted by Crippen LogP contribution is 2.65. The Hall–Kier alpha value is -0.685. The summed E-state index contributed by atoms with van der Waals surface area (Å²) in [5, 5.41) is -0.143. The van der Waals surface area contributed by atoms with E-state index in [1.54, 1.807) is 0 Å². The van der Waals surface area contributed by atoms with Crippen molar-refractivity contribution in [1.82, 2.24) is 0 Å². The summed E-state index contributed by atoms with van der Waals surface area (Å²) in [6, 6.07) is 0. The van der Waals surface area contributed by atoms with Gasteiger partial charge in [-0.05, 0) is 77.7 Å². The van der Waals surface area contributed by atoms with Crippen LogP contribution in [0.4, 0.5) is 0 Å². The zero-order valence-corrected chi connectivity index (χ0v) is 16.7. The largest absolute Gasteiger partial charge is 0.279 e. The molecule has 0 aromatic heterocycles. The first kappa shape index (κ1) is 17.7. The molecule has 0 amide bonds. The van der Waals surface area contributed by atoms with Gasteiger partial charge in [0.05, 0.1) is 0 Å². The van der Waals surface area contributed by atoms with Crippen molar-refractivity contribution in [3.8, 4) is 0 Å². The van der Waals surface area contributed by atoms with Crippen LogP contribution in [0.5, 0.6) is 0 Å². The predicted molar refractivity (Wildman–Crippen MR) is 102 cm³/mol. The van der Waals surface area contributed by atoms with Crippen LogP contribution in [0.25, 0.3) is 0 Å². The van der Waals surface area contributed by atoms with E-state index in [9.17, 15) is 0 Å². The third kappa shape index (κ3) is 1.84. The molecule has 22 heavy (non-hydrogen) atoms. The second-order valence-corrected chi connectivity index (χ2v) is 8.20. The highest BCUT2D eigenvalue weighted by molar-refractivity contribution is 7.11. The lowest BCUT2D eigenvalue weighted by Crippen LogP contribution is -2.38. The van der Waals surface area contributed by atoms with Crippen LogP contribution in [0.1, 0.15) is 69.2 Å². The molecule has 0 radical (unpaired) electrons. The fourth-order valence-corrected chi connectivity index (χ4v) is 5.24. The second kappa shape index (κ2) is 5.16. The van der Waals surface area contributed by atoms with Crippen LogP contribution < -0.4 is 0 Å². The van der Waals surface area contributed by atoms with Gasteiger partial charge in [0.25, 0.3) is 6.13 Å². The van der Waals surface area contributed by atoms with E-state index >= 15 is 0 Å². The van der Waals surface area contributed by atoms with Crippen LogP contribution in [0.3, 0.4) is 0 Å². The highest BCUT2D eigenvalue weighted by atomic mass is 35.5. The highest BCUT2D eigenvalue weighted by Gasteiger charge is 2.56. The molecule has 0 heterocycles. The van der Waals surface area contributed by atoms with E-state index in [2.05, 4.69) is 69.2 Å². The molecule has 0 aromatic rings. The number of halogens is 1. The van der Waals surface area contributed by atoms with E-state index < -0.39 is 0 Å². The Morgan fingerprint density at radius 2 is 0.727 bits per heavy atom. The summed E-state index contributed by atoms with van der Waals surface area (Å²) in [7, 11) is 0. The fourth-order valence-electron chi connectivity index (χ4n) is 4.58. The lowest BCUT2D eigenvalue weighted by atomic mass is 9.33. The molecule has 0 fully saturated rings. The van der Waals surface area contributed by atoms with E-state index in [-0.39, 0.29) is 16.8 Å². The summed E-state index contributed by atoms with van der Waals surface area (Å²) in [6.45, 7) is 22.7. The van der Waals surface area contributed by atoms with Crippen molar-refractivity contribution < 1.29 is 0 Å². The molecular formula is C20H30BCl. The summed E-state index contributed by atoms with van der Waals surface area (Å²) in [5.41, 5.74) is 11.4. The second-order valence-electron chi connectivity index (χ2n) is 7.77. The molecule has 2 aliphatic rings. The van der Waals surface area contributed by atoms with Gasteiger partial charge in [-0.15, -0.1) is 0 Å². The molecular weight excluding hydrogens is 286 g/mol. The van der Waals surface area contributed by atoms with Crippen molar-refractivity contribution in [2.75, 3.05) is 0 Å². The summed E-state index contributed by atoms with van der Waals surface area (Å²) in [6.07, 6.45) is 0.0276. The van der Waals surface area contributed by atoms with E-state index in [0.717, 1.165) is 0 Å². The average molecular weight is 317 g/mol. The van der Waals surface area contributed by atoms with E-state index in [0.29, 0.717) is 0 Å². The van der Waals surface area contributed by atoms with Crippen LogP contribution in [0, 0.1) is 0 Å². The van der Waals surface area contributed by atoms with Gasteiger partial charge in [-0.2, -0.15) is 11.5 Å². The van der Waals surface area contributed by atoms with Crippen molar-refractivity contribution in [1.29, 1.82) is 0 Å². The van der Waals surface area contributed by atoms with Crippen LogP contribution in [0.15, 0.2) is 44.6 Å². The zero-order chi connectivity index (χ0) is 17.2. The van der Waals surface area contributed by atoms with Gasteiger partial charge in [-0.25, -0.2) is 0 Å². The normalized spacial score (nSPS) is 24.1. The molecule has 0 unspecified atom stereocenters. The van der Waals surface area contributed by atoms with Gasteiger partial charge in [-0.3, -0.25) is 0 Å². The lowest BCUT2D eigenvalue weighted by Gasteiger charge is -2.43. The Kier molecular flexibility index (Phi) is 4.15. The molecule has 0 aromatic carbocycles. The minimum absolute atomic E-state index is 0.0276. The van der Waals surface area contributed by atoms with Crippen LogP contribution in [-0.4, -0.2) is 6.13 Å². The van der Waals surface area contributed by atoms with Gasteiger partial charge >= 0.3 is 0 Å². The summed E-state index contributed by atoms with van der Waals surface area (Å²) < 4.78 is 0. The average Bonchev–Trinajstić information content (AvgIpc) is 2.75. The lowest BCUT2D eigenvalue weighted by molar-refractivity contribution is 0.739. The summed E-state index contributed by atoms with van der Waals surface area (Å²) in [4.78, 5) is 0. The molecule has 2 rings (SSSR count). The van der Waals surface area contributed by atoms with Gasteiger partial charge < -0.3 is 0 Å². The van der Waals surface area contributed by atoms with Crippen LogP contribution in [-0.2, 0) is 0 Å². The smallest absolute Gasteiger partial charge is 0.193 e. The molecule has 0 nitrogen and oxygen atoms in total. The molecule has 2 aliphatic carbocycles.